The minimum atomic E-state index is -0.368. The fourth-order valence-corrected chi connectivity index (χ4v) is 3.29. The first-order valence-electron chi connectivity index (χ1n) is 9.48. The van der Waals surface area contributed by atoms with Crippen LogP contribution in [0.2, 0.25) is 0 Å². The van der Waals surface area contributed by atoms with Crippen LogP contribution in [0, 0.1) is 13.8 Å². The number of benzene rings is 2. The Hall–Kier alpha value is -4.14. The van der Waals surface area contributed by atoms with Gasteiger partial charge in [0.1, 0.15) is 5.82 Å². The Morgan fingerprint density at radius 1 is 1.06 bits per heavy atom. The lowest BCUT2D eigenvalue weighted by Crippen LogP contribution is -2.20. The molecule has 0 aliphatic carbocycles. The number of hydrogen-bond donors (Lipinski definition) is 1. The summed E-state index contributed by atoms with van der Waals surface area (Å²) in [4.78, 5) is 17.5. The molecule has 0 aliphatic heterocycles. The Morgan fingerprint density at radius 3 is 2.42 bits per heavy atom. The molecule has 0 aliphatic rings. The van der Waals surface area contributed by atoms with E-state index in [4.69, 9.17) is 9.47 Å². The molecule has 0 atom stereocenters. The standard InChI is InChI=1S/C22H21N5O4/c1-13-17(22(29)27(25-13)15-8-6-5-7-9-15)12-23-26-14(2)24-18-11-20(31-4)19(30-3)10-16(18)21(26)28/h5-12,29H,1-4H3. The Bertz CT molecular complexity index is 1360. The normalized spacial score (nSPS) is 11.4. The van der Waals surface area contributed by atoms with E-state index >= 15 is 0 Å². The third kappa shape index (κ3) is 3.50. The minimum Gasteiger partial charge on any atom is -0.493 e. The molecule has 9 heteroatoms. The van der Waals surface area contributed by atoms with E-state index in [2.05, 4.69) is 15.2 Å². The van der Waals surface area contributed by atoms with Crippen molar-refractivity contribution in [1.82, 2.24) is 19.4 Å². The fourth-order valence-electron chi connectivity index (χ4n) is 3.29. The molecular formula is C22H21N5O4. The summed E-state index contributed by atoms with van der Waals surface area (Å²) in [6, 6.07) is 12.5. The van der Waals surface area contributed by atoms with Crippen molar-refractivity contribution in [3.63, 3.8) is 0 Å². The molecule has 0 amide bonds. The van der Waals surface area contributed by atoms with E-state index in [1.807, 2.05) is 30.3 Å². The van der Waals surface area contributed by atoms with E-state index < -0.39 is 0 Å². The molecule has 0 radical (unpaired) electrons. The van der Waals surface area contributed by atoms with Crippen molar-refractivity contribution in [3.05, 3.63) is 69.9 Å². The van der Waals surface area contributed by atoms with E-state index in [0.29, 0.717) is 45.2 Å². The van der Waals surface area contributed by atoms with Crippen molar-refractivity contribution in [2.75, 3.05) is 14.2 Å². The summed E-state index contributed by atoms with van der Waals surface area (Å²) in [6.45, 7) is 3.43. The number of methoxy groups -OCH3 is 2. The smallest absolute Gasteiger partial charge is 0.282 e. The number of aromatic hydroxyl groups is 1. The average Bonchev–Trinajstić information content (AvgIpc) is 3.07. The maximum Gasteiger partial charge on any atom is 0.282 e. The maximum atomic E-state index is 13.1. The number of aromatic nitrogens is 4. The predicted octanol–water partition coefficient (Wildman–Crippen LogP) is 2.80. The molecule has 158 valence electrons. The van der Waals surface area contributed by atoms with Crippen LogP contribution in [0.25, 0.3) is 16.6 Å². The Morgan fingerprint density at radius 2 is 1.74 bits per heavy atom. The SMILES string of the molecule is COc1cc2nc(C)n(N=Cc3c(C)nn(-c4ccccc4)c3O)c(=O)c2cc1OC. The van der Waals surface area contributed by atoms with Gasteiger partial charge in [0.2, 0.25) is 5.88 Å². The molecule has 2 aromatic carbocycles. The number of ether oxygens (including phenoxy) is 2. The molecule has 9 nitrogen and oxygen atoms in total. The van der Waals surface area contributed by atoms with Crippen LogP contribution in [-0.4, -0.2) is 45.0 Å². The first-order valence-corrected chi connectivity index (χ1v) is 9.48. The number of rotatable bonds is 5. The molecule has 0 unspecified atom stereocenters. The predicted molar refractivity (Wildman–Crippen MR) is 117 cm³/mol. The van der Waals surface area contributed by atoms with Gasteiger partial charge in [-0.2, -0.15) is 14.9 Å². The lowest BCUT2D eigenvalue weighted by molar-refractivity contribution is 0.355. The van der Waals surface area contributed by atoms with E-state index in [-0.39, 0.29) is 11.4 Å². The second kappa shape index (κ2) is 7.94. The van der Waals surface area contributed by atoms with Crippen molar-refractivity contribution >= 4 is 17.1 Å². The lowest BCUT2D eigenvalue weighted by atomic mass is 10.2. The highest BCUT2D eigenvalue weighted by atomic mass is 16.5. The zero-order valence-electron chi connectivity index (χ0n) is 17.5. The number of aryl methyl sites for hydroxylation is 2. The highest BCUT2D eigenvalue weighted by molar-refractivity contribution is 5.85. The van der Waals surface area contributed by atoms with Crippen molar-refractivity contribution in [1.29, 1.82) is 0 Å². The van der Waals surface area contributed by atoms with Gasteiger partial charge in [0.25, 0.3) is 5.56 Å². The zero-order valence-corrected chi connectivity index (χ0v) is 17.5. The van der Waals surface area contributed by atoms with Crippen molar-refractivity contribution < 1.29 is 14.6 Å². The molecule has 0 saturated heterocycles. The van der Waals surface area contributed by atoms with Gasteiger partial charge in [-0.3, -0.25) is 4.79 Å². The first-order chi connectivity index (χ1) is 14.9. The Labute approximate surface area is 177 Å². The first kappa shape index (κ1) is 20.1. The summed E-state index contributed by atoms with van der Waals surface area (Å²) in [7, 11) is 3.02. The molecule has 2 aromatic heterocycles. The topological polar surface area (TPSA) is 104 Å². The molecule has 0 fully saturated rings. The van der Waals surface area contributed by atoms with Crippen molar-refractivity contribution in [2.45, 2.75) is 13.8 Å². The summed E-state index contributed by atoms with van der Waals surface area (Å²) in [5, 5.41) is 19.6. The van der Waals surface area contributed by atoms with Gasteiger partial charge in [0.15, 0.2) is 11.5 Å². The Balaban J connectivity index is 1.80. The van der Waals surface area contributed by atoms with Gasteiger partial charge in [-0.25, -0.2) is 9.67 Å². The number of fused-ring (bicyclic) bond motifs is 1. The number of para-hydroxylation sites is 1. The van der Waals surface area contributed by atoms with Crippen molar-refractivity contribution in [3.8, 4) is 23.1 Å². The van der Waals surface area contributed by atoms with Crippen LogP contribution in [0.3, 0.4) is 0 Å². The van der Waals surface area contributed by atoms with Crippen LogP contribution in [0.5, 0.6) is 17.4 Å². The minimum absolute atomic E-state index is 0.0710. The number of hydrogen-bond acceptors (Lipinski definition) is 7. The fraction of sp³-hybridized carbons (Fsp3) is 0.182. The monoisotopic (exact) mass is 419 g/mol. The molecule has 31 heavy (non-hydrogen) atoms. The van der Waals surface area contributed by atoms with E-state index in [1.54, 1.807) is 26.0 Å². The van der Waals surface area contributed by atoms with E-state index in [1.165, 1.54) is 29.8 Å². The quantitative estimate of drug-likeness (QED) is 0.499. The van der Waals surface area contributed by atoms with E-state index in [9.17, 15) is 9.90 Å². The third-order valence-electron chi connectivity index (χ3n) is 4.90. The molecule has 1 N–H and O–H groups in total. The molecule has 0 spiro atoms. The van der Waals surface area contributed by atoms with Crippen LogP contribution < -0.4 is 15.0 Å². The highest BCUT2D eigenvalue weighted by Crippen LogP contribution is 2.30. The summed E-state index contributed by atoms with van der Waals surface area (Å²) < 4.78 is 13.2. The summed E-state index contributed by atoms with van der Waals surface area (Å²) in [5.41, 5.74) is 1.79. The highest BCUT2D eigenvalue weighted by Gasteiger charge is 2.16. The lowest BCUT2D eigenvalue weighted by Gasteiger charge is -2.10. The van der Waals surface area contributed by atoms with Crippen LogP contribution >= 0.6 is 0 Å². The van der Waals surface area contributed by atoms with Gasteiger partial charge in [-0.15, -0.1) is 0 Å². The maximum absolute atomic E-state index is 13.1. The zero-order chi connectivity index (χ0) is 22.1. The second-order valence-electron chi connectivity index (χ2n) is 6.81. The van der Waals surface area contributed by atoms with Crippen LogP contribution in [0.15, 0.2) is 52.4 Å². The second-order valence-corrected chi connectivity index (χ2v) is 6.81. The largest absolute Gasteiger partial charge is 0.493 e. The summed E-state index contributed by atoms with van der Waals surface area (Å²) in [6.07, 6.45) is 1.40. The van der Waals surface area contributed by atoms with Gasteiger partial charge < -0.3 is 14.6 Å². The molecule has 2 heterocycles. The summed E-state index contributed by atoms with van der Waals surface area (Å²) >= 11 is 0. The van der Waals surface area contributed by atoms with Gasteiger partial charge in [-0.05, 0) is 32.0 Å². The number of nitrogens with zero attached hydrogens (tertiary/aromatic N) is 5. The van der Waals surface area contributed by atoms with Crippen LogP contribution in [-0.2, 0) is 0 Å². The van der Waals surface area contributed by atoms with Crippen LogP contribution in [0.4, 0.5) is 0 Å². The summed E-state index contributed by atoms with van der Waals surface area (Å²) in [5.74, 6) is 1.22. The molecule has 4 rings (SSSR count). The Kier molecular flexibility index (Phi) is 5.16. The third-order valence-corrected chi connectivity index (χ3v) is 4.90. The molecule has 0 bridgehead atoms. The van der Waals surface area contributed by atoms with Gasteiger partial charge >= 0.3 is 0 Å². The van der Waals surface area contributed by atoms with E-state index in [0.717, 1.165) is 0 Å². The van der Waals surface area contributed by atoms with Gasteiger partial charge in [0, 0.05) is 6.07 Å². The van der Waals surface area contributed by atoms with Gasteiger partial charge in [0.05, 0.1) is 48.3 Å². The van der Waals surface area contributed by atoms with Crippen LogP contribution in [0.1, 0.15) is 17.1 Å². The van der Waals surface area contributed by atoms with Crippen molar-refractivity contribution in [2.24, 2.45) is 5.10 Å². The average molecular weight is 419 g/mol. The molecule has 4 aromatic rings. The molecular weight excluding hydrogens is 398 g/mol. The molecule has 0 saturated carbocycles. The van der Waals surface area contributed by atoms with Gasteiger partial charge in [-0.1, -0.05) is 18.2 Å².